The zero-order valence-corrected chi connectivity index (χ0v) is 10.4. The second-order valence-corrected chi connectivity index (χ2v) is 5.96. The molecule has 3 rings (SSSR count). The maximum absolute atomic E-state index is 5.57. The van der Waals surface area contributed by atoms with Gasteiger partial charge >= 0.3 is 0 Å². The number of nitrogen functional groups attached to an aromatic ring is 1. The van der Waals surface area contributed by atoms with Gasteiger partial charge in [-0.05, 0) is 23.4 Å². The summed E-state index contributed by atoms with van der Waals surface area (Å²) in [6.07, 6.45) is 1.15. The van der Waals surface area contributed by atoms with E-state index >= 15 is 0 Å². The molecule has 0 bridgehead atoms. The number of aromatic nitrogens is 2. The molecule has 0 saturated carbocycles. The molecule has 0 spiro atoms. The predicted molar refractivity (Wildman–Crippen MR) is 66.5 cm³/mol. The van der Waals surface area contributed by atoms with Gasteiger partial charge in [-0.3, -0.25) is 4.90 Å². The third-order valence-corrected chi connectivity index (χ3v) is 4.49. The summed E-state index contributed by atoms with van der Waals surface area (Å²) < 4.78 is 0. The van der Waals surface area contributed by atoms with E-state index in [9.17, 15) is 0 Å². The molecule has 0 atom stereocenters. The van der Waals surface area contributed by atoms with Crippen LogP contribution in [0.1, 0.15) is 15.4 Å². The highest BCUT2D eigenvalue weighted by atomic mass is 32.1. The van der Waals surface area contributed by atoms with Gasteiger partial charge in [0, 0.05) is 18.0 Å². The first-order chi connectivity index (χ1) is 7.81. The summed E-state index contributed by atoms with van der Waals surface area (Å²) in [5.41, 5.74) is 7.04. The van der Waals surface area contributed by atoms with Gasteiger partial charge in [0.25, 0.3) is 0 Å². The Morgan fingerprint density at radius 2 is 2.38 bits per heavy atom. The summed E-state index contributed by atoms with van der Waals surface area (Å²) in [5, 5.41) is 11.6. The van der Waals surface area contributed by atoms with E-state index in [0.29, 0.717) is 5.13 Å². The Morgan fingerprint density at radius 1 is 1.44 bits per heavy atom. The molecule has 2 aromatic rings. The van der Waals surface area contributed by atoms with Gasteiger partial charge in [-0.1, -0.05) is 11.3 Å². The van der Waals surface area contributed by atoms with Crippen LogP contribution in [0.2, 0.25) is 0 Å². The predicted octanol–water partition coefficient (Wildman–Crippen LogP) is 1.74. The van der Waals surface area contributed by atoms with E-state index in [0.717, 1.165) is 31.1 Å². The molecular formula is C10H12N4S2. The molecule has 0 saturated heterocycles. The van der Waals surface area contributed by atoms with Crippen LogP contribution in [-0.2, 0) is 19.5 Å². The summed E-state index contributed by atoms with van der Waals surface area (Å²) in [5.74, 6) is 0. The van der Waals surface area contributed by atoms with Crippen molar-refractivity contribution in [3.63, 3.8) is 0 Å². The molecule has 84 valence electrons. The lowest BCUT2D eigenvalue weighted by atomic mass is 10.1. The molecule has 2 N–H and O–H groups in total. The Hall–Kier alpha value is -0.980. The van der Waals surface area contributed by atoms with E-state index in [1.165, 1.54) is 21.8 Å². The molecule has 1 aliphatic rings. The lowest BCUT2D eigenvalue weighted by Crippen LogP contribution is -2.29. The van der Waals surface area contributed by atoms with Crippen molar-refractivity contribution in [2.24, 2.45) is 0 Å². The zero-order valence-electron chi connectivity index (χ0n) is 8.72. The van der Waals surface area contributed by atoms with E-state index in [1.807, 2.05) is 11.3 Å². The maximum atomic E-state index is 5.57. The van der Waals surface area contributed by atoms with Gasteiger partial charge in [0.05, 0.1) is 6.54 Å². The molecule has 0 fully saturated rings. The fraction of sp³-hybridized carbons (Fsp3) is 0.400. The van der Waals surface area contributed by atoms with E-state index in [2.05, 4.69) is 26.5 Å². The van der Waals surface area contributed by atoms with Gasteiger partial charge in [0.2, 0.25) is 5.13 Å². The average Bonchev–Trinajstić information content (AvgIpc) is 2.87. The van der Waals surface area contributed by atoms with Crippen LogP contribution in [0.15, 0.2) is 11.4 Å². The molecule has 3 heterocycles. The van der Waals surface area contributed by atoms with Crippen LogP contribution in [0, 0.1) is 0 Å². The minimum Gasteiger partial charge on any atom is -0.374 e. The largest absolute Gasteiger partial charge is 0.374 e. The number of anilines is 1. The summed E-state index contributed by atoms with van der Waals surface area (Å²) in [6, 6.07) is 2.22. The van der Waals surface area contributed by atoms with Crippen LogP contribution in [0.4, 0.5) is 5.13 Å². The van der Waals surface area contributed by atoms with Gasteiger partial charge in [0.1, 0.15) is 5.01 Å². The van der Waals surface area contributed by atoms with Gasteiger partial charge < -0.3 is 5.73 Å². The third kappa shape index (κ3) is 1.95. The molecular weight excluding hydrogens is 240 g/mol. The number of hydrogen-bond donors (Lipinski definition) is 1. The SMILES string of the molecule is Nc1nnc(CN2CCc3sccc3C2)s1. The third-order valence-electron chi connectivity index (χ3n) is 2.73. The minimum atomic E-state index is 0.559. The molecule has 16 heavy (non-hydrogen) atoms. The summed E-state index contributed by atoms with van der Waals surface area (Å²) >= 11 is 3.35. The van der Waals surface area contributed by atoms with E-state index in [4.69, 9.17) is 5.73 Å². The number of nitrogens with zero attached hydrogens (tertiary/aromatic N) is 3. The molecule has 6 heteroatoms. The monoisotopic (exact) mass is 252 g/mol. The van der Waals surface area contributed by atoms with Crippen molar-refractivity contribution in [3.05, 3.63) is 26.9 Å². The minimum absolute atomic E-state index is 0.559. The second kappa shape index (κ2) is 4.12. The van der Waals surface area contributed by atoms with E-state index in [-0.39, 0.29) is 0 Å². The van der Waals surface area contributed by atoms with Crippen LogP contribution in [0.5, 0.6) is 0 Å². The quantitative estimate of drug-likeness (QED) is 0.884. The lowest BCUT2D eigenvalue weighted by Gasteiger charge is -2.25. The molecule has 2 aromatic heterocycles. The molecule has 0 aromatic carbocycles. The smallest absolute Gasteiger partial charge is 0.203 e. The number of nitrogens with two attached hydrogens (primary N) is 1. The van der Waals surface area contributed by atoms with Gasteiger partial charge in [0.15, 0.2) is 0 Å². The Balaban J connectivity index is 1.70. The van der Waals surface area contributed by atoms with Crippen LogP contribution in [0.25, 0.3) is 0 Å². The van der Waals surface area contributed by atoms with Crippen LogP contribution < -0.4 is 5.73 Å². The number of hydrogen-bond acceptors (Lipinski definition) is 6. The molecule has 0 unspecified atom stereocenters. The summed E-state index contributed by atoms with van der Waals surface area (Å²) in [4.78, 5) is 3.93. The number of rotatable bonds is 2. The van der Waals surface area contributed by atoms with Crippen molar-refractivity contribution in [1.82, 2.24) is 15.1 Å². The van der Waals surface area contributed by atoms with Gasteiger partial charge in [-0.15, -0.1) is 21.5 Å². The summed E-state index contributed by atoms with van der Waals surface area (Å²) in [6.45, 7) is 3.00. The highest BCUT2D eigenvalue weighted by Crippen LogP contribution is 2.25. The second-order valence-electron chi connectivity index (χ2n) is 3.86. The van der Waals surface area contributed by atoms with Crippen molar-refractivity contribution >= 4 is 27.8 Å². The van der Waals surface area contributed by atoms with Crippen molar-refractivity contribution in [1.29, 1.82) is 0 Å². The van der Waals surface area contributed by atoms with Crippen molar-refractivity contribution in [2.75, 3.05) is 12.3 Å². The normalized spacial score (nSPS) is 16.2. The number of fused-ring (bicyclic) bond motifs is 1. The molecule has 0 radical (unpaired) electrons. The molecule has 1 aliphatic heterocycles. The van der Waals surface area contributed by atoms with Gasteiger partial charge in [-0.2, -0.15) is 0 Å². The Labute approximate surface area is 102 Å². The standard InChI is InChI=1S/C10H12N4S2/c11-10-13-12-9(16-10)6-14-3-1-8-7(5-14)2-4-15-8/h2,4H,1,3,5-6H2,(H2,11,13). The van der Waals surface area contributed by atoms with Crippen LogP contribution >= 0.6 is 22.7 Å². The Kier molecular flexibility index (Phi) is 2.62. The average molecular weight is 252 g/mol. The Bertz CT molecular complexity index is 490. The molecule has 0 amide bonds. The first-order valence-electron chi connectivity index (χ1n) is 5.17. The zero-order chi connectivity index (χ0) is 11.0. The summed E-state index contributed by atoms with van der Waals surface area (Å²) in [7, 11) is 0. The topological polar surface area (TPSA) is 55.0 Å². The fourth-order valence-electron chi connectivity index (χ4n) is 1.96. The maximum Gasteiger partial charge on any atom is 0.203 e. The lowest BCUT2D eigenvalue weighted by molar-refractivity contribution is 0.246. The molecule has 0 aliphatic carbocycles. The Morgan fingerprint density at radius 3 is 3.19 bits per heavy atom. The highest BCUT2D eigenvalue weighted by molar-refractivity contribution is 7.15. The highest BCUT2D eigenvalue weighted by Gasteiger charge is 2.18. The first kappa shape index (κ1) is 10.2. The van der Waals surface area contributed by atoms with Crippen LogP contribution in [-0.4, -0.2) is 21.6 Å². The van der Waals surface area contributed by atoms with E-state index in [1.54, 1.807) is 0 Å². The van der Waals surface area contributed by atoms with Crippen molar-refractivity contribution in [3.8, 4) is 0 Å². The van der Waals surface area contributed by atoms with Gasteiger partial charge in [-0.25, -0.2) is 0 Å². The molecule has 4 nitrogen and oxygen atoms in total. The fourth-order valence-corrected chi connectivity index (χ4v) is 3.51. The van der Waals surface area contributed by atoms with E-state index < -0.39 is 0 Å². The first-order valence-corrected chi connectivity index (χ1v) is 6.86. The number of thiophene rings is 1. The van der Waals surface area contributed by atoms with Crippen molar-refractivity contribution in [2.45, 2.75) is 19.5 Å². The van der Waals surface area contributed by atoms with Crippen LogP contribution in [0.3, 0.4) is 0 Å². The van der Waals surface area contributed by atoms with Crippen molar-refractivity contribution < 1.29 is 0 Å².